The van der Waals surface area contributed by atoms with Gasteiger partial charge in [0.1, 0.15) is 0 Å². The maximum atomic E-state index is 12.4. The summed E-state index contributed by atoms with van der Waals surface area (Å²) in [5.41, 5.74) is 8.10. The average molecular weight is 363 g/mol. The van der Waals surface area contributed by atoms with Crippen LogP contribution in [0.5, 0.6) is 0 Å². The van der Waals surface area contributed by atoms with Gasteiger partial charge in [-0.1, -0.05) is 29.8 Å². The van der Waals surface area contributed by atoms with Crippen LogP contribution in [-0.4, -0.2) is 17.5 Å². The second kappa shape index (κ2) is 8.62. The third-order valence-corrected chi connectivity index (χ3v) is 4.71. The predicted molar refractivity (Wildman–Crippen MR) is 108 cm³/mol. The van der Waals surface area contributed by atoms with E-state index in [0.717, 1.165) is 30.5 Å². The molecule has 2 aromatic rings. The van der Waals surface area contributed by atoms with Crippen LogP contribution in [-0.2, 0) is 17.6 Å². The monoisotopic (exact) mass is 363 g/mol. The largest absolute Gasteiger partial charge is 0.325 e. The van der Waals surface area contributed by atoms with Gasteiger partial charge < -0.3 is 5.32 Å². The van der Waals surface area contributed by atoms with Crippen LogP contribution in [0.2, 0.25) is 0 Å². The Labute approximate surface area is 159 Å². The fourth-order valence-corrected chi connectivity index (χ4v) is 3.36. The molecule has 0 saturated heterocycles. The van der Waals surface area contributed by atoms with Crippen molar-refractivity contribution in [3.63, 3.8) is 0 Å². The summed E-state index contributed by atoms with van der Waals surface area (Å²) in [5, 5.41) is 7.05. The van der Waals surface area contributed by atoms with Crippen molar-refractivity contribution in [3.05, 3.63) is 64.7 Å². The highest BCUT2D eigenvalue weighted by molar-refractivity contribution is 6.06. The lowest BCUT2D eigenvalue weighted by Gasteiger charge is -2.19. The molecule has 2 aromatic carbocycles. The Bertz CT molecular complexity index is 887. The lowest BCUT2D eigenvalue weighted by atomic mass is 9.90. The van der Waals surface area contributed by atoms with E-state index in [2.05, 4.69) is 21.9 Å². The van der Waals surface area contributed by atoms with E-state index in [-0.39, 0.29) is 18.2 Å². The van der Waals surface area contributed by atoms with Crippen molar-refractivity contribution in [1.29, 1.82) is 0 Å². The molecule has 5 heteroatoms. The highest BCUT2D eigenvalue weighted by atomic mass is 16.2. The van der Waals surface area contributed by atoms with Gasteiger partial charge in [-0.2, -0.15) is 5.10 Å². The second-order valence-corrected chi connectivity index (χ2v) is 7.03. The third-order valence-electron chi connectivity index (χ3n) is 4.71. The number of carbonyl (C=O) groups excluding carboxylic acids is 2. The van der Waals surface area contributed by atoms with Crippen molar-refractivity contribution in [3.8, 4) is 0 Å². The number of anilines is 1. The summed E-state index contributed by atoms with van der Waals surface area (Å²) >= 11 is 0. The summed E-state index contributed by atoms with van der Waals surface area (Å²) in [4.78, 5) is 24.5. The van der Waals surface area contributed by atoms with Gasteiger partial charge in [-0.3, -0.25) is 9.59 Å². The minimum absolute atomic E-state index is 0.125. The molecular weight excluding hydrogens is 338 g/mol. The van der Waals surface area contributed by atoms with Crippen molar-refractivity contribution in [2.75, 3.05) is 5.32 Å². The lowest BCUT2D eigenvalue weighted by Crippen LogP contribution is -2.22. The highest BCUT2D eigenvalue weighted by Crippen LogP contribution is 2.27. The van der Waals surface area contributed by atoms with Gasteiger partial charge in [0.15, 0.2) is 0 Å². The molecule has 2 N–H and O–H groups in total. The van der Waals surface area contributed by atoms with E-state index >= 15 is 0 Å². The van der Waals surface area contributed by atoms with Gasteiger partial charge in [-0.25, -0.2) is 5.43 Å². The van der Waals surface area contributed by atoms with Crippen LogP contribution in [0.1, 0.15) is 53.2 Å². The zero-order valence-electron chi connectivity index (χ0n) is 15.8. The number of nitrogens with zero attached hydrogens (tertiary/aromatic N) is 1. The molecule has 0 fully saturated rings. The van der Waals surface area contributed by atoms with E-state index in [1.54, 1.807) is 19.1 Å². The summed E-state index contributed by atoms with van der Waals surface area (Å²) in [6.07, 6.45) is 4.58. The summed E-state index contributed by atoms with van der Waals surface area (Å²) in [6, 6.07) is 13.4. The first-order valence-electron chi connectivity index (χ1n) is 9.34. The van der Waals surface area contributed by atoms with Crippen molar-refractivity contribution in [2.24, 2.45) is 5.10 Å². The van der Waals surface area contributed by atoms with Gasteiger partial charge in [0, 0.05) is 17.0 Å². The SMILES string of the molecule is CC(CC(=O)Nc1cccc2c1CCCC2)=NNC(=O)c1cccc(C)c1. The van der Waals surface area contributed by atoms with E-state index < -0.39 is 0 Å². The van der Waals surface area contributed by atoms with Crippen LogP contribution in [0.25, 0.3) is 0 Å². The normalized spacial score (nSPS) is 13.6. The van der Waals surface area contributed by atoms with Crippen LogP contribution in [0.15, 0.2) is 47.6 Å². The number of hydrogen-bond donors (Lipinski definition) is 2. The third kappa shape index (κ3) is 5.03. The lowest BCUT2D eigenvalue weighted by molar-refractivity contribution is -0.115. The van der Waals surface area contributed by atoms with Gasteiger partial charge >= 0.3 is 0 Å². The number of nitrogens with one attached hydrogen (secondary N) is 2. The van der Waals surface area contributed by atoms with E-state index in [1.807, 2.05) is 31.2 Å². The van der Waals surface area contributed by atoms with Gasteiger partial charge in [-0.05, 0) is 68.9 Å². The molecule has 0 atom stereocenters. The minimum atomic E-state index is -0.282. The molecular formula is C22H25N3O2. The van der Waals surface area contributed by atoms with Crippen LogP contribution < -0.4 is 10.7 Å². The van der Waals surface area contributed by atoms with Gasteiger partial charge in [-0.15, -0.1) is 0 Å². The number of fused-ring (bicyclic) bond motifs is 1. The Morgan fingerprint density at radius 3 is 2.67 bits per heavy atom. The van der Waals surface area contributed by atoms with Crippen molar-refractivity contribution in [1.82, 2.24) is 5.43 Å². The number of rotatable bonds is 5. The molecule has 0 aliphatic heterocycles. The Balaban J connectivity index is 1.58. The molecule has 0 radical (unpaired) electrons. The van der Waals surface area contributed by atoms with Crippen molar-refractivity contribution < 1.29 is 9.59 Å². The molecule has 0 spiro atoms. The van der Waals surface area contributed by atoms with E-state index in [0.29, 0.717) is 11.3 Å². The number of hydrazone groups is 1. The molecule has 1 aliphatic rings. The van der Waals surface area contributed by atoms with Crippen LogP contribution in [0.4, 0.5) is 5.69 Å². The number of carbonyl (C=O) groups is 2. The average Bonchev–Trinajstić information content (AvgIpc) is 2.66. The summed E-state index contributed by atoms with van der Waals surface area (Å²) in [6.45, 7) is 3.66. The Morgan fingerprint density at radius 1 is 1.07 bits per heavy atom. The summed E-state index contributed by atoms with van der Waals surface area (Å²) < 4.78 is 0. The number of hydrogen-bond acceptors (Lipinski definition) is 3. The summed E-state index contributed by atoms with van der Waals surface area (Å²) in [5.74, 6) is -0.407. The smallest absolute Gasteiger partial charge is 0.271 e. The fourth-order valence-electron chi connectivity index (χ4n) is 3.36. The molecule has 0 heterocycles. The van der Waals surface area contributed by atoms with Gasteiger partial charge in [0.05, 0.1) is 6.42 Å². The first kappa shape index (κ1) is 18.8. The molecule has 27 heavy (non-hydrogen) atoms. The maximum Gasteiger partial charge on any atom is 0.271 e. The Morgan fingerprint density at radius 2 is 1.85 bits per heavy atom. The topological polar surface area (TPSA) is 70.6 Å². The molecule has 0 aromatic heterocycles. The Kier molecular flexibility index (Phi) is 6.01. The van der Waals surface area contributed by atoms with Gasteiger partial charge in [0.25, 0.3) is 5.91 Å². The molecule has 2 amide bonds. The van der Waals surface area contributed by atoms with Crippen LogP contribution >= 0.6 is 0 Å². The molecule has 5 nitrogen and oxygen atoms in total. The first-order valence-corrected chi connectivity index (χ1v) is 9.34. The first-order chi connectivity index (χ1) is 13.0. The summed E-state index contributed by atoms with van der Waals surface area (Å²) in [7, 11) is 0. The van der Waals surface area contributed by atoms with Crippen LogP contribution in [0.3, 0.4) is 0 Å². The zero-order valence-corrected chi connectivity index (χ0v) is 15.8. The maximum absolute atomic E-state index is 12.4. The number of aryl methyl sites for hydroxylation is 2. The quantitative estimate of drug-likeness (QED) is 0.622. The predicted octanol–water partition coefficient (Wildman–Crippen LogP) is 4.01. The standard InChI is InChI=1S/C22H25N3O2/c1-15-7-5-10-18(13-15)22(27)25-24-16(2)14-21(26)23-20-12-6-9-17-8-3-4-11-19(17)20/h5-7,9-10,12-13H,3-4,8,11,14H2,1-2H3,(H,23,26)(H,25,27). The van der Waals surface area contributed by atoms with Crippen LogP contribution in [0, 0.1) is 6.92 Å². The fraction of sp³-hybridized carbons (Fsp3) is 0.318. The second-order valence-electron chi connectivity index (χ2n) is 7.03. The van der Waals surface area contributed by atoms with Crippen molar-refractivity contribution >= 4 is 23.2 Å². The van der Waals surface area contributed by atoms with E-state index in [9.17, 15) is 9.59 Å². The highest BCUT2D eigenvalue weighted by Gasteiger charge is 2.15. The van der Waals surface area contributed by atoms with Crippen molar-refractivity contribution in [2.45, 2.75) is 46.0 Å². The minimum Gasteiger partial charge on any atom is -0.325 e. The Hall–Kier alpha value is -2.95. The molecule has 1 aliphatic carbocycles. The molecule has 0 saturated carbocycles. The zero-order chi connectivity index (χ0) is 19.2. The molecule has 3 rings (SSSR count). The number of amides is 2. The number of benzene rings is 2. The molecule has 0 unspecified atom stereocenters. The molecule has 0 bridgehead atoms. The van der Waals surface area contributed by atoms with Gasteiger partial charge in [0.2, 0.25) is 5.91 Å². The molecule has 140 valence electrons. The van der Waals surface area contributed by atoms with E-state index in [4.69, 9.17) is 0 Å². The van der Waals surface area contributed by atoms with E-state index in [1.165, 1.54) is 17.5 Å².